The lowest BCUT2D eigenvalue weighted by Crippen LogP contribution is -2.38. The van der Waals surface area contributed by atoms with Crippen LogP contribution in [0.2, 0.25) is 0 Å². The van der Waals surface area contributed by atoms with E-state index in [2.05, 4.69) is 17.2 Å². The van der Waals surface area contributed by atoms with Crippen LogP contribution >= 0.6 is 0 Å². The van der Waals surface area contributed by atoms with Gasteiger partial charge < -0.3 is 43.4 Å². The third-order valence-electron chi connectivity index (χ3n) is 6.55. The number of alkyl carbamates (subject to hydrolysis) is 1. The monoisotopic (exact) mass is 584 g/mol. The van der Waals surface area contributed by atoms with Crippen LogP contribution in [0.1, 0.15) is 39.5 Å². The van der Waals surface area contributed by atoms with Gasteiger partial charge >= 0.3 is 24.1 Å². The molecule has 0 bridgehead atoms. The normalized spacial score (nSPS) is 18.8. The Hall–Kier alpha value is -3.08. The number of hydrogen-bond acceptors (Lipinski definition) is 11. The van der Waals surface area contributed by atoms with Gasteiger partial charge in [-0.3, -0.25) is 9.59 Å². The second-order valence-electron chi connectivity index (χ2n) is 9.57. The van der Waals surface area contributed by atoms with Crippen LogP contribution in [0.4, 0.5) is 9.59 Å². The van der Waals surface area contributed by atoms with Gasteiger partial charge in [-0.2, -0.15) is 0 Å². The van der Waals surface area contributed by atoms with Crippen LogP contribution in [0.15, 0.2) is 0 Å². The van der Waals surface area contributed by atoms with Crippen LogP contribution in [0.5, 0.6) is 0 Å². The molecule has 232 valence electrons. The number of amides is 2. The van der Waals surface area contributed by atoms with Gasteiger partial charge in [0.2, 0.25) is 0 Å². The molecule has 0 aromatic rings. The van der Waals surface area contributed by atoms with E-state index in [1.807, 2.05) is 0 Å². The first-order valence-corrected chi connectivity index (χ1v) is 14.2. The van der Waals surface area contributed by atoms with E-state index in [0.29, 0.717) is 63.9 Å². The molecule has 1 unspecified atom stereocenters. The van der Waals surface area contributed by atoms with Crippen molar-refractivity contribution in [2.45, 2.75) is 39.5 Å². The van der Waals surface area contributed by atoms with Crippen molar-refractivity contribution in [2.24, 2.45) is 17.8 Å². The Bertz CT molecular complexity index is 835. The van der Waals surface area contributed by atoms with E-state index >= 15 is 0 Å². The number of ether oxygens (including phenoxy) is 7. The first kappa shape index (κ1) is 34.1. The van der Waals surface area contributed by atoms with E-state index in [9.17, 15) is 19.2 Å². The summed E-state index contributed by atoms with van der Waals surface area (Å²) < 4.78 is 36.4. The maximum atomic E-state index is 12.2. The summed E-state index contributed by atoms with van der Waals surface area (Å²) in [6.07, 6.45) is 3.04. The molecule has 0 aromatic heterocycles. The molecule has 0 aromatic carbocycles. The average Bonchev–Trinajstić information content (AvgIpc) is 3.57. The smallest absolute Gasteiger partial charge is 0.410 e. The van der Waals surface area contributed by atoms with E-state index < -0.39 is 24.1 Å². The number of fused-ring (bicyclic) bond motifs is 1. The molecule has 2 amide bonds. The molecule has 1 fully saturated rings. The van der Waals surface area contributed by atoms with Gasteiger partial charge in [0.1, 0.15) is 19.8 Å². The van der Waals surface area contributed by atoms with Gasteiger partial charge in [-0.1, -0.05) is 0 Å². The zero-order chi connectivity index (χ0) is 29.7. The highest BCUT2D eigenvalue weighted by molar-refractivity contribution is 5.68. The minimum atomic E-state index is -0.633. The number of nitrogens with one attached hydrogen (secondary N) is 1. The van der Waals surface area contributed by atoms with Crippen molar-refractivity contribution < 1.29 is 52.3 Å². The summed E-state index contributed by atoms with van der Waals surface area (Å²) in [6.45, 7) is 5.52. The summed E-state index contributed by atoms with van der Waals surface area (Å²) in [5, 5.41) is 2.70. The first-order valence-electron chi connectivity index (χ1n) is 14.2. The van der Waals surface area contributed by atoms with E-state index in [1.165, 1.54) is 18.7 Å². The van der Waals surface area contributed by atoms with Gasteiger partial charge in [-0.15, -0.1) is 11.8 Å². The SMILES string of the molecule is CC(=O)OCCN(CCOC(C)=O)C(=O)OCCOCCOCCOCCNC(=O)OCC1[C@H]2CCC#CCC[C@@H]12. The maximum Gasteiger partial charge on any atom is 0.410 e. The van der Waals surface area contributed by atoms with Gasteiger partial charge in [-0.05, 0) is 30.6 Å². The van der Waals surface area contributed by atoms with Crippen molar-refractivity contribution in [1.29, 1.82) is 0 Å². The Balaban J connectivity index is 1.37. The molecule has 13 heteroatoms. The summed E-state index contributed by atoms with van der Waals surface area (Å²) in [6, 6.07) is 0. The Morgan fingerprint density at radius 1 is 0.683 bits per heavy atom. The fraction of sp³-hybridized carbons (Fsp3) is 0.786. The standard InChI is InChI=1S/C28H44N2O11/c1-22(31)38-13-10-30(11-14-39-23(2)32)28(34)40-20-19-37-18-17-36-16-15-35-12-9-29-27(33)41-21-26-24-7-5-3-4-6-8-25(24)26/h24-26H,5-21H2,1-2H3,(H,29,33)/t24-,25+,26?. The molecule has 2 aliphatic rings. The quantitative estimate of drug-likeness (QED) is 0.0966. The molecule has 2 aliphatic carbocycles. The van der Waals surface area contributed by atoms with Gasteiger partial charge in [0.15, 0.2) is 0 Å². The third-order valence-corrected chi connectivity index (χ3v) is 6.55. The van der Waals surface area contributed by atoms with Crippen LogP contribution in [0.25, 0.3) is 0 Å². The van der Waals surface area contributed by atoms with Gasteiger partial charge in [-0.25, -0.2) is 9.59 Å². The van der Waals surface area contributed by atoms with Gasteiger partial charge in [0.25, 0.3) is 0 Å². The number of esters is 2. The highest BCUT2D eigenvalue weighted by Crippen LogP contribution is 2.52. The average molecular weight is 585 g/mol. The molecule has 2 rings (SSSR count). The molecular weight excluding hydrogens is 540 g/mol. The minimum absolute atomic E-state index is 0.00294. The van der Waals surface area contributed by atoms with Crippen molar-refractivity contribution in [3.63, 3.8) is 0 Å². The lowest BCUT2D eigenvalue weighted by atomic mass is 10.1. The van der Waals surface area contributed by atoms with Crippen molar-refractivity contribution in [1.82, 2.24) is 10.2 Å². The molecule has 0 heterocycles. The second kappa shape index (κ2) is 20.7. The Kier molecular flexibility index (Phi) is 17.3. The lowest BCUT2D eigenvalue weighted by Gasteiger charge is -2.21. The summed E-state index contributed by atoms with van der Waals surface area (Å²) in [5.74, 6) is 7.21. The fourth-order valence-corrected chi connectivity index (χ4v) is 4.45. The first-order chi connectivity index (χ1) is 19.9. The summed E-state index contributed by atoms with van der Waals surface area (Å²) in [4.78, 5) is 47.3. The number of carbonyl (C=O) groups excluding carboxylic acids is 4. The molecule has 13 nitrogen and oxygen atoms in total. The van der Waals surface area contributed by atoms with Crippen molar-refractivity contribution in [3.05, 3.63) is 0 Å². The maximum absolute atomic E-state index is 12.2. The number of carbonyl (C=O) groups is 4. The number of hydrogen-bond donors (Lipinski definition) is 1. The molecule has 1 saturated carbocycles. The fourth-order valence-electron chi connectivity index (χ4n) is 4.45. The Morgan fingerprint density at radius 2 is 1.20 bits per heavy atom. The summed E-state index contributed by atoms with van der Waals surface area (Å²) in [7, 11) is 0. The second-order valence-corrected chi connectivity index (χ2v) is 9.57. The molecular formula is C28H44N2O11. The largest absolute Gasteiger partial charge is 0.464 e. The van der Waals surface area contributed by atoms with Gasteiger partial charge in [0.05, 0.1) is 59.3 Å². The van der Waals surface area contributed by atoms with Crippen LogP contribution in [0.3, 0.4) is 0 Å². The predicted molar refractivity (Wildman–Crippen MR) is 145 cm³/mol. The molecule has 41 heavy (non-hydrogen) atoms. The van der Waals surface area contributed by atoms with E-state index in [-0.39, 0.29) is 39.5 Å². The summed E-state index contributed by atoms with van der Waals surface area (Å²) >= 11 is 0. The zero-order valence-electron chi connectivity index (χ0n) is 24.2. The van der Waals surface area contributed by atoms with Crippen molar-refractivity contribution >= 4 is 24.1 Å². The summed E-state index contributed by atoms with van der Waals surface area (Å²) in [5.41, 5.74) is 0. The van der Waals surface area contributed by atoms with Gasteiger partial charge in [0, 0.05) is 33.2 Å². The van der Waals surface area contributed by atoms with Crippen LogP contribution in [-0.4, -0.2) is 115 Å². The highest BCUT2D eigenvalue weighted by atomic mass is 16.6. The van der Waals surface area contributed by atoms with Crippen molar-refractivity contribution in [3.8, 4) is 11.8 Å². The molecule has 3 atom stereocenters. The van der Waals surface area contributed by atoms with E-state index in [0.717, 1.165) is 25.7 Å². The minimum Gasteiger partial charge on any atom is -0.464 e. The molecule has 0 saturated heterocycles. The van der Waals surface area contributed by atoms with E-state index in [4.69, 9.17) is 33.2 Å². The Labute approximate surface area is 241 Å². The topological polar surface area (TPSA) is 148 Å². The van der Waals surface area contributed by atoms with Crippen LogP contribution < -0.4 is 5.32 Å². The molecule has 0 aliphatic heterocycles. The van der Waals surface area contributed by atoms with Crippen LogP contribution in [0, 0.1) is 29.6 Å². The lowest BCUT2D eigenvalue weighted by molar-refractivity contribution is -0.141. The number of nitrogens with zero attached hydrogens (tertiary/aromatic N) is 1. The van der Waals surface area contributed by atoms with Crippen molar-refractivity contribution in [2.75, 3.05) is 85.7 Å². The predicted octanol–water partition coefficient (Wildman–Crippen LogP) is 1.77. The Morgan fingerprint density at radius 3 is 1.73 bits per heavy atom. The number of rotatable bonds is 20. The van der Waals surface area contributed by atoms with Crippen LogP contribution in [-0.2, 0) is 42.7 Å². The zero-order valence-corrected chi connectivity index (χ0v) is 24.2. The third kappa shape index (κ3) is 16.1. The van der Waals surface area contributed by atoms with E-state index in [1.54, 1.807) is 0 Å². The molecule has 0 radical (unpaired) electrons. The molecule has 1 N–H and O–H groups in total. The molecule has 0 spiro atoms. The highest BCUT2D eigenvalue weighted by Gasteiger charge is 2.49.